The molecule has 3 rings (SSSR count). The number of oxazole rings is 1. The zero-order valence-electron chi connectivity index (χ0n) is 14.6. The van der Waals surface area contributed by atoms with Crippen molar-refractivity contribution in [1.29, 1.82) is 0 Å². The van der Waals surface area contributed by atoms with Crippen LogP contribution >= 0.6 is 0 Å². The van der Waals surface area contributed by atoms with E-state index in [9.17, 15) is 8.42 Å². The average molecular weight is 356 g/mol. The maximum atomic E-state index is 12.6. The van der Waals surface area contributed by atoms with Crippen LogP contribution in [0, 0.1) is 27.7 Å². The number of hydrogen-bond donors (Lipinski definition) is 1. The number of benzene rings is 2. The predicted octanol–water partition coefficient (Wildman–Crippen LogP) is 4.38. The van der Waals surface area contributed by atoms with E-state index < -0.39 is 10.0 Å². The molecule has 3 aromatic rings. The highest BCUT2D eigenvalue weighted by Gasteiger charge is 2.17. The van der Waals surface area contributed by atoms with Gasteiger partial charge in [0.25, 0.3) is 10.0 Å². The summed E-state index contributed by atoms with van der Waals surface area (Å²) < 4.78 is 33.3. The maximum absolute atomic E-state index is 12.6. The van der Waals surface area contributed by atoms with Crippen molar-refractivity contribution in [3.05, 3.63) is 65.2 Å². The van der Waals surface area contributed by atoms with E-state index in [-0.39, 0.29) is 4.90 Å². The van der Waals surface area contributed by atoms with Gasteiger partial charge in [0.2, 0.25) is 0 Å². The summed E-state index contributed by atoms with van der Waals surface area (Å²) in [5.74, 6) is 1.34. The third kappa shape index (κ3) is 3.58. The lowest BCUT2D eigenvalue weighted by Gasteiger charge is -2.11. The molecular weight excluding hydrogens is 336 g/mol. The van der Waals surface area contributed by atoms with Crippen LogP contribution in [-0.2, 0) is 10.0 Å². The fraction of sp³-hybridized carbons (Fsp3) is 0.211. The summed E-state index contributed by atoms with van der Waals surface area (Å²) >= 11 is 0. The number of aryl methyl sites for hydroxylation is 4. The van der Waals surface area contributed by atoms with Crippen LogP contribution in [-0.4, -0.2) is 13.4 Å². The Morgan fingerprint density at radius 1 is 0.960 bits per heavy atom. The molecule has 5 nitrogen and oxygen atoms in total. The molecule has 0 bridgehead atoms. The zero-order chi connectivity index (χ0) is 18.2. The van der Waals surface area contributed by atoms with E-state index in [2.05, 4.69) is 9.71 Å². The highest BCUT2D eigenvalue weighted by atomic mass is 32.2. The summed E-state index contributed by atoms with van der Waals surface area (Å²) in [6.07, 6.45) is 0. The number of rotatable bonds is 4. The Morgan fingerprint density at radius 2 is 1.64 bits per heavy atom. The monoisotopic (exact) mass is 356 g/mol. The third-order valence-corrected chi connectivity index (χ3v) is 5.48. The molecule has 0 aliphatic rings. The SMILES string of the molecule is Cc1ccc(S(=O)(=O)Nc2ccc(-c3nc(C)oc3C)cc2)c(C)c1. The molecule has 0 atom stereocenters. The average Bonchev–Trinajstić information content (AvgIpc) is 2.86. The topological polar surface area (TPSA) is 72.2 Å². The van der Waals surface area contributed by atoms with Crippen molar-refractivity contribution in [3.8, 4) is 11.3 Å². The Morgan fingerprint density at radius 3 is 2.20 bits per heavy atom. The lowest BCUT2D eigenvalue weighted by atomic mass is 10.1. The van der Waals surface area contributed by atoms with Crippen molar-refractivity contribution in [1.82, 2.24) is 4.98 Å². The number of sulfonamides is 1. The third-order valence-electron chi connectivity index (χ3n) is 3.93. The summed E-state index contributed by atoms with van der Waals surface area (Å²) in [7, 11) is -3.63. The first-order valence-electron chi connectivity index (χ1n) is 7.91. The first-order valence-corrected chi connectivity index (χ1v) is 9.39. The highest BCUT2D eigenvalue weighted by molar-refractivity contribution is 7.92. The first-order chi connectivity index (χ1) is 11.8. The van der Waals surface area contributed by atoms with Crippen molar-refractivity contribution in [2.24, 2.45) is 0 Å². The van der Waals surface area contributed by atoms with Crippen molar-refractivity contribution in [2.75, 3.05) is 4.72 Å². The molecule has 6 heteroatoms. The molecular formula is C19H20N2O3S. The summed E-state index contributed by atoms with van der Waals surface area (Å²) in [5, 5.41) is 0. The molecule has 0 radical (unpaired) electrons. The fourth-order valence-electron chi connectivity index (χ4n) is 2.80. The second kappa shape index (κ2) is 6.37. The second-order valence-electron chi connectivity index (χ2n) is 6.09. The quantitative estimate of drug-likeness (QED) is 0.753. The van der Waals surface area contributed by atoms with Crippen LogP contribution in [0.15, 0.2) is 51.8 Å². The van der Waals surface area contributed by atoms with Crippen LogP contribution in [0.2, 0.25) is 0 Å². The van der Waals surface area contributed by atoms with E-state index in [0.717, 1.165) is 28.1 Å². The normalized spacial score (nSPS) is 11.5. The van der Waals surface area contributed by atoms with Crippen LogP contribution in [0.5, 0.6) is 0 Å². The standard InChI is InChI=1S/C19H20N2O3S/c1-12-5-10-18(13(2)11-12)25(22,23)21-17-8-6-16(7-9-17)19-14(3)24-15(4)20-19/h5-11,21H,1-4H3. The van der Waals surface area contributed by atoms with E-state index in [1.54, 1.807) is 38.1 Å². The smallest absolute Gasteiger partial charge is 0.262 e. The summed E-state index contributed by atoms with van der Waals surface area (Å²) in [6, 6.07) is 12.4. The van der Waals surface area contributed by atoms with Gasteiger partial charge in [0.05, 0.1) is 4.90 Å². The molecule has 0 unspecified atom stereocenters. The molecule has 0 aliphatic carbocycles. The Labute approximate surface area is 147 Å². The molecule has 25 heavy (non-hydrogen) atoms. The van der Waals surface area contributed by atoms with Gasteiger partial charge in [-0.15, -0.1) is 0 Å². The molecule has 0 spiro atoms. The van der Waals surface area contributed by atoms with Crippen molar-refractivity contribution >= 4 is 15.7 Å². The lowest BCUT2D eigenvalue weighted by molar-refractivity contribution is 0.495. The number of nitrogens with one attached hydrogen (secondary N) is 1. The van der Waals surface area contributed by atoms with Gasteiger partial charge >= 0.3 is 0 Å². The molecule has 1 aromatic heterocycles. The molecule has 1 heterocycles. The van der Waals surface area contributed by atoms with Gasteiger partial charge < -0.3 is 4.42 Å². The van der Waals surface area contributed by atoms with E-state index >= 15 is 0 Å². The van der Waals surface area contributed by atoms with E-state index in [1.165, 1.54) is 0 Å². The largest absolute Gasteiger partial charge is 0.446 e. The molecule has 1 N–H and O–H groups in total. The van der Waals surface area contributed by atoms with Crippen molar-refractivity contribution < 1.29 is 12.8 Å². The van der Waals surface area contributed by atoms with Crippen LogP contribution in [0.1, 0.15) is 22.8 Å². The summed E-state index contributed by atoms with van der Waals surface area (Å²) in [5.41, 5.74) is 3.89. The van der Waals surface area contributed by atoms with Gasteiger partial charge in [-0.3, -0.25) is 4.72 Å². The van der Waals surface area contributed by atoms with Crippen molar-refractivity contribution in [3.63, 3.8) is 0 Å². The Balaban J connectivity index is 1.87. The fourth-order valence-corrected chi connectivity index (χ4v) is 4.09. The minimum absolute atomic E-state index is 0.283. The summed E-state index contributed by atoms with van der Waals surface area (Å²) in [4.78, 5) is 4.63. The van der Waals surface area contributed by atoms with Gasteiger partial charge in [-0.25, -0.2) is 13.4 Å². The Hall–Kier alpha value is -2.60. The maximum Gasteiger partial charge on any atom is 0.262 e. The molecule has 0 saturated heterocycles. The summed E-state index contributed by atoms with van der Waals surface area (Å²) in [6.45, 7) is 7.37. The van der Waals surface area contributed by atoms with E-state index in [4.69, 9.17) is 4.42 Å². The Kier molecular flexibility index (Phi) is 4.39. The zero-order valence-corrected chi connectivity index (χ0v) is 15.4. The first kappa shape index (κ1) is 17.2. The second-order valence-corrected chi connectivity index (χ2v) is 7.74. The number of aromatic nitrogens is 1. The molecule has 0 saturated carbocycles. The number of anilines is 1. The predicted molar refractivity (Wildman–Crippen MR) is 98.1 cm³/mol. The Bertz CT molecular complexity index is 1020. The van der Waals surface area contributed by atoms with Crippen LogP contribution in [0.3, 0.4) is 0 Å². The van der Waals surface area contributed by atoms with Crippen LogP contribution < -0.4 is 4.72 Å². The number of nitrogens with zero attached hydrogens (tertiary/aromatic N) is 1. The van der Waals surface area contributed by atoms with E-state index in [1.807, 2.05) is 32.0 Å². The van der Waals surface area contributed by atoms with Gasteiger partial charge in [-0.1, -0.05) is 29.8 Å². The van der Waals surface area contributed by atoms with Crippen LogP contribution in [0.25, 0.3) is 11.3 Å². The van der Waals surface area contributed by atoms with E-state index in [0.29, 0.717) is 11.6 Å². The minimum Gasteiger partial charge on any atom is -0.446 e. The molecule has 0 amide bonds. The molecule has 0 fully saturated rings. The van der Waals surface area contributed by atoms with Gasteiger partial charge in [0.1, 0.15) is 11.5 Å². The van der Waals surface area contributed by atoms with Crippen LogP contribution in [0.4, 0.5) is 5.69 Å². The van der Waals surface area contributed by atoms with Gasteiger partial charge in [0, 0.05) is 18.2 Å². The minimum atomic E-state index is -3.63. The lowest BCUT2D eigenvalue weighted by Crippen LogP contribution is -2.14. The molecule has 0 aliphatic heterocycles. The van der Waals surface area contributed by atoms with Crippen molar-refractivity contribution in [2.45, 2.75) is 32.6 Å². The molecule has 2 aromatic carbocycles. The van der Waals surface area contributed by atoms with Gasteiger partial charge in [-0.2, -0.15) is 0 Å². The van der Waals surface area contributed by atoms with Gasteiger partial charge in [0.15, 0.2) is 5.89 Å². The van der Waals surface area contributed by atoms with Gasteiger partial charge in [-0.05, 0) is 44.5 Å². The molecule has 130 valence electrons. The highest BCUT2D eigenvalue weighted by Crippen LogP contribution is 2.26. The number of hydrogen-bond acceptors (Lipinski definition) is 4.